The van der Waals surface area contributed by atoms with Crippen LogP contribution in [0.15, 0.2) is 0 Å². The van der Waals surface area contributed by atoms with Gasteiger partial charge in [0.05, 0.1) is 0 Å². The molecule has 0 radical (unpaired) electrons. The van der Waals surface area contributed by atoms with E-state index in [2.05, 4.69) is 40.8 Å². The maximum absolute atomic E-state index is 12.0. The van der Waals surface area contributed by atoms with Crippen molar-refractivity contribution in [2.45, 2.75) is 87.8 Å². The second-order valence-electron chi connectivity index (χ2n) is 9.59. The van der Waals surface area contributed by atoms with Crippen molar-refractivity contribution < 1.29 is 8.91 Å². The minimum atomic E-state index is -1.66. The molecule has 6 heteroatoms. The highest BCUT2D eigenvalue weighted by molar-refractivity contribution is 6.76. The molecule has 0 aromatic heterocycles. The maximum atomic E-state index is 12.0. The third-order valence-electron chi connectivity index (χ3n) is 6.11. The smallest absolute Gasteiger partial charge is 0.179 e. The van der Waals surface area contributed by atoms with Crippen LogP contribution in [0.3, 0.4) is 0 Å². The Labute approximate surface area is 161 Å². The molecule has 140 valence electrons. The zero-order chi connectivity index (χ0) is 18.3. The van der Waals surface area contributed by atoms with E-state index in [-0.39, 0.29) is 17.6 Å². The average molecular weight is 410 g/mol. The molecule has 0 saturated heterocycles. The lowest BCUT2D eigenvalue weighted by Gasteiger charge is -2.44. The largest absolute Gasteiger partial charge is 0.460 e. The molecule has 0 aromatic carbocycles. The van der Waals surface area contributed by atoms with E-state index in [0.717, 1.165) is 19.3 Å². The second-order valence-corrected chi connectivity index (χ2v) is 18.6. The SMILES string of the molecule is CCC(CCC1CCC2C(=O)C(Cl)(Cl)C12)[Si](C)(C)O[SiH2]C(C)(C)C. The second kappa shape index (κ2) is 7.34. The number of alkyl halides is 2. The predicted molar refractivity (Wildman–Crippen MR) is 109 cm³/mol. The zero-order valence-electron chi connectivity index (χ0n) is 16.1. The van der Waals surface area contributed by atoms with E-state index in [1.165, 1.54) is 12.8 Å². The van der Waals surface area contributed by atoms with Crippen molar-refractivity contribution in [1.82, 2.24) is 0 Å². The fourth-order valence-electron chi connectivity index (χ4n) is 4.54. The van der Waals surface area contributed by atoms with Gasteiger partial charge in [-0.1, -0.05) is 63.7 Å². The van der Waals surface area contributed by atoms with E-state index in [9.17, 15) is 4.79 Å². The standard InChI is InChI=1S/C18H34Cl2O2Si2/c1-7-13(24(5,6)22-23-17(2,3)4)10-8-12-9-11-14-15(12)18(19,20)16(14)21/h12-15H,7-11,23H2,1-6H3. The number of carbonyl (C=O) groups excluding carboxylic acids is 1. The number of hydrogen-bond donors (Lipinski definition) is 0. The van der Waals surface area contributed by atoms with Crippen LogP contribution >= 0.6 is 23.2 Å². The van der Waals surface area contributed by atoms with Gasteiger partial charge in [-0.15, -0.1) is 0 Å². The summed E-state index contributed by atoms with van der Waals surface area (Å²) < 4.78 is 5.45. The Hall–Kier alpha value is 0.644. The highest BCUT2D eigenvalue weighted by Gasteiger charge is 2.64. The van der Waals surface area contributed by atoms with Crippen LogP contribution in [-0.2, 0) is 8.91 Å². The lowest BCUT2D eigenvalue weighted by atomic mass is 9.69. The van der Waals surface area contributed by atoms with E-state index in [4.69, 9.17) is 27.3 Å². The highest BCUT2D eigenvalue weighted by Crippen LogP contribution is 2.60. The fraction of sp³-hybridized carbons (Fsp3) is 0.944. The summed E-state index contributed by atoms with van der Waals surface area (Å²) >= 11 is 12.6. The van der Waals surface area contributed by atoms with Crippen molar-refractivity contribution in [3.8, 4) is 0 Å². The van der Waals surface area contributed by atoms with E-state index >= 15 is 0 Å². The first kappa shape index (κ1) is 20.9. The van der Waals surface area contributed by atoms with Crippen LogP contribution in [-0.4, -0.2) is 28.2 Å². The Morgan fingerprint density at radius 2 is 1.96 bits per heavy atom. The number of fused-ring (bicyclic) bond motifs is 1. The summed E-state index contributed by atoms with van der Waals surface area (Å²) in [7, 11) is -2.15. The molecule has 2 rings (SSSR count). The number of Topliss-reactive ketones (excluding diaryl/α,β-unsaturated/α-hetero) is 1. The van der Waals surface area contributed by atoms with Gasteiger partial charge in [-0.2, -0.15) is 0 Å². The van der Waals surface area contributed by atoms with Crippen LogP contribution in [0.1, 0.15) is 59.8 Å². The monoisotopic (exact) mass is 408 g/mol. The lowest BCUT2D eigenvalue weighted by Crippen LogP contribution is -2.55. The van der Waals surface area contributed by atoms with Gasteiger partial charge in [-0.3, -0.25) is 4.79 Å². The molecule has 0 heterocycles. The summed E-state index contributed by atoms with van der Waals surface area (Å²) in [5.41, 5.74) is 0.683. The molecule has 2 fully saturated rings. The van der Waals surface area contributed by atoms with Crippen molar-refractivity contribution >= 4 is 47.1 Å². The van der Waals surface area contributed by atoms with Gasteiger partial charge in [0.25, 0.3) is 0 Å². The van der Waals surface area contributed by atoms with Crippen molar-refractivity contribution in [3.05, 3.63) is 0 Å². The first-order chi connectivity index (χ1) is 10.9. The minimum Gasteiger partial charge on any atom is -0.460 e. The van der Waals surface area contributed by atoms with Gasteiger partial charge >= 0.3 is 0 Å². The van der Waals surface area contributed by atoms with E-state index in [1.807, 2.05) is 0 Å². The topological polar surface area (TPSA) is 26.3 Å². The van der Waals surface area contributed by atoms with Gasteiger partial charge in [0.2, 0.25) is 0 Å². The summed E-state index contributed by atoms with van der Waals surface area (Å²) in [6.07, 6.45) is 5.62. The summed E-state index contributed by atoms with van der Waals surface area (Å²) in [6, 6.07) is 0. The fourth-order valence-corrected chi connectivity index (χ4v) is 11.5. The normalized spacial score (nSPS) is 31.3. The first-order valence-electron chi connectivity index (χ1n) is 9.46. The quantitative estimate of drug-likeness (QED) is 0.412. The van der Waals surface area contributed by atoms with E-state index in [0.29, 0.717) is 16.5 Å². The van der Waals surface area contributed by atoms with E-state index in [1.54, 1.807) is 0 Å². The van der Waals surface area contributed by atoms with Crippen molar-refractivity contribution in [3.63, 3.8) is 0 Å². The molecular weight excluding hydrogens is 375 g/mol. The average Bonchev–Trinajstić information content (AvgIpc) is 2.87. The van der Waals surface area contributed by atoms with Gasteiger partial charge in [-0.05, 0) is 48.9 Å². The van der Waals surface area contributed by atoms with E-state index < -0.39 is 22.4 Å². The highest BCUT2D eigenvalue weighted by atomic mass is 35.5. The molecule has 2 aliphatic rings. The molecule has 0 aliphatic heterocycles. The lowest BCUT2D eigenvalue weighted by molar-refractivity contribution is -0.135. The predicted octanol–water partition coefficient (Wildman–Crippen LogP) is 5.47. The summed E-state index contributed by atoms with van der Waals surface area (Å²) in [6.45, 7) is 13.9. The van der Waals surface area contributed by atoms with Gasteiger partial charge in [0.15, 0.2) is 28.2 Å². The molecule has 4 atom stereocenters. The van der Waals surface area contributed by atoms with Crippen LogP contribution < -0.4 is 0 Å². The number of halogens is 2. The number of ketones is 1. The van der Waals surface area contributed by atoms with Crippen LogP contribution in [0.5, 0.6) is 0 Å². The van der Waals surface area contributed by atoms with Crippen LogP contribution in [0.25, 0.3) is 0 Å². The molecule has 2 aliphatic carbocycles. The Kier molecular flexibility index (Phi) is 6.41. The Bertz CT molecular complexity index is 474. The molecule has 0 N–H and O–H groups in total. The Morgan fingerprint density at radius 3 is 2.50 bits per heavy atom. The summed E-state index contributed by atoms with van der Waals surface area (Å²) in [4.78, 5) is 12.0. The molecule has 0 bridgehead atoms. The minimum absolute atomic E-state index is 0.0691. The van der Waals surface area contributed by atoms with Gasteiger partial charge in [0.1, 0.15) is 0 Å². The zero-order valence-corrected chi connectivity index (χ0v) is 20.1. The molecule has 24 heavy (non-hydrogen) atoms. The Balaban J connectivity index is 1.91. The maximum Gasteiger partial charge on any atom is 0.179 e. The van der Waals surface area contributed by atoms with Crippen molar-refractivity contribution in [2.75, 3.05) is 0 Å². The van der Waals surface area contributed by atoms with Crippen LogP contribution in [0.4, 0.5) is 0 Å². The molecule has 0 aromatic rings. The molecule has 0 amide bonds. The van der Waals surface area contributed by atoms with Crippen molar-refractivity contribution in [2.24, 2.45) is 17.8 Å². The molecule has 2 nitrogen and oxygen atoms in total. The summed E-state index contributed by atoms with van der Waals surface area (Å²) in [5, 5.41) is 0.352. The third kappa shape index (κ3) is 4.30. The molecule has 0 spiro atoms. The van der Waals surface area contributed by atoms with Gasteiger partial charge in [0, 0.05) is 11.8 Å². The number of rotatable bonds is 7. The molecule has 2 saturated carbocycles. The molecular formula is C18H34Cl2O2Si2. The number of hydrogen-bond acceptors (Lipinski definition) is 2. The molecule has 4 unspecified atom stereocenters. The van der Waals surface area contributed by atoms with Gasteiger partial charge < -0.3 is 4.12 Å². The number of carbonyl (C=O) groups is 1. The first-order valence-corrected chi connectivity index (χ1v) is 14.5. The van der Waals surface area contributed by atoms with Crippen LogP contribution in [0, 0.1) is 17.8 Å². The van der Waals surface area contributed by atoms with Crippen molar-refractivity contribution in [1.29, 1.82) is 0 Å². The van der Waals surface area contributed by atoms with Gasteiger partial charge in [-0.25, -0.2) is 0 Å². The Morgan fingerprint density at radius 1 is 1.33 bits per heavy atom. The summed E-state index contributed by atoms with van der Waals surface area (Å²) in [5.74, 6) is 0.918. The third-order valence-corrected chi connectivity index (χ3v) is 14.1. The van der Waals surface area contributed by atoms with Crippen LogP contribution in [0.2, 0.25) is 23.7 Å².